The summed E-state index contributed by atoms with van der Waals surface area (Å²) in [5.74, 6) is -0.619. The first kappa shape index (κ1) is 17.6. The Balaban J connectivity index is 2.31. The Bertz CT molecular complexity index is 842. The predicted octanol–water partition coefficient (Wildman–Crippen LogP) is 3.79. The van der Waals surface area contributed by atoms with E-state index in [2.05, 4.69) is 10.6 Å². The summed E-state index contributed by atoms with van der Waals surface area (Å²) in [6.45, 7) is 6.66. The van der Waals surface area contributed by atoms with Gasteiger partial charge in [0.25, 0.3) is 11.6 Å². The molecule has 2 N–H and O–H groups in total. The zero-order valence-electron chi connectivity index (χ0n) is 13.7. The largest absolute Gasteiger partial charge is 0.326 e. The van der Waals surface area contributed by atoms with Crippen molar-refractivity contribution in [2.24, 2.45) is 0 Å². The zero-order chi connectivity index (χ0) is 18.0. The van der Waals surface area contributed by atoms with Crippen molar-refractivity contribution < 1.29 is 14.5 Å². The minimum Gasteiger partial charge on any atom is -0.326 e. The molecule has 126 valence electrons. The molecule has 2 amide bonds. The van der Waals surface area contributed by atoms with E-state index >= 15 is 0 Å². The second-order valence-corrected chi connectivity index (χ2v) is 6.63. The van der Waals surface area contributed by atoms with E-state index in [9.17, 15) is 19.7 Å². The SMILES string of the molecule is CC(=O)Nc1c(C)ccc(NC(=O)c2cc([N+](=O)[O-])c(C)s2)c1C. The van der Waals surface area contributed by atoms with Gasteiger partial charge < -0.3 is 10.6 Å². The number of benzene rings is 1. The van der Waals surface area contributed by atoms with Crippen LogP contribution in [-0.2, 0) is 4.79 Å². The lowest BCUT2D eigenvalue weighted by Gasteiger charge is -2.15. The monoisotopic (exact) mass is 347 g/mol. The summed E-state index contributed by atoms with van der Waals surface area (Å²) in [6.07, 6.45) is 0. The van der Waals surface area contributed by atoms with Gasteiger partial charge in [-0.25, -0.2) is 0 Å². The zero-order valence-corrected chi connectivity index (χ0v) is 14.5. The van der Waals surface area contributed by atoms with Crippen LogP contribution in [0.25, 0.3) is 0 Å². The molecule has 0 saturated heterocycles. The fourth-order valence-electron chi connectivity index (χ4n) is 2.30. The predicted molar refractivity (Wildman–Crippen MR) is 93.9 cm³/mol. The lowest BCUT2D eigenvalue weighted by molar-refractivity contribution is -0.385. The third kappa shape index (κ3) is 3.60. The highest BCUT2D eigenvalue weighted by atomic mass is 32.1. The number of aryl methyl sites for hydroxylation is 2. The van der Waals surface area contributed by atoms with Crippen LogP contribution in [0.5, 0.6) is 0 Å². The molecule has 1 heterocycles. The van der Waals surface area contributed by atoms with E-state index in [0.717, 1.165) is 22.5 Å². The van der Waals surface area contributed by atoms with Crippen LogP contribution < -0.4 is 10.6 Å². The van der Waals surface area contributed by atoms with Crippen molar-refractivity contribution in [3.63, 3.8) is 0 Å². The maximum Gasteiger partial charge on any atom is 0.283 e. The van der Waals surface area contributed by atoms with E-state index in [-0.39, 0.29) is 16.5 Å². The lowest BCUT2D eigenvalue weighted by Crippen LogP contribution is -2.14. The quantitative estimate of drug-likeness (QED) is 0.649. The average molecular weight is 347 g/mol. The van der Waals surface area contributed by atoms with Gasteiger partial charge in [0.2, 0.25) is 5.91 Å². The van der Waals surface area contributed by atoms with Crippen LogP contribution in [0.4, 0.5) is 17.1 Å². The van der Waals surface area contributed by atoms with E-state index < -0.39 is 10.8 Å². The summed E-state index contributed by atoms with van der Waals surface area (Å²) < 4.78 is 0. The molecule has 0 fully saturated rings. The van der Waals surface area contributed by atoms with Crippen molar-refractivity contribution >= 4 is 40.2 Å². The number of anilines is 2. The molecule has 0 aliphatic carbocycles. The Hall–Kier alpha value is -2.74. The number of thiophene rings is 1. The van der Waals surface area contributed by atoms with E-state index in [4.69, 9.17) is 0 Å². The van der Waals surface area contributed by atoms with Crippen LogP contribution >= 0.6 is 11.3 Å². The van der Waals surface area contributed by atoms with Gasteiger partial charge in [0, 0.05) is 24.4 Å². The Morgan fingerprint density at radius 1 is 1.17 bits per heavy atom. The van der Waals surface area contributed by atoms with Crippen molar-refractivity contribution in [1.82, 2.24) is 0 Å². The summed E-state index contributed by atoms with van der Waals surface area (Å²) in [5.41, 5.74) is 2.73. The number of nitrogens with zero attached hydrogens (tertiary/aromatic N) is 1. The maximum absolute atomic E-state index is 12.4. The first-order chi connectivity index (χ1) is 11.2. The van der Waals surface area contributed by atoms with Gasteiger partial charge in [-0.15, -0.1) is 11.3 Å². The lowest BCUT2D eigenvalue weighted by atomic mass is 10.1. The van der Waals surface area contributed by atoms with E-state index in [1.165, 1.54) is 13.0 Å². The van der Waals surface area contributed by atoms with Gasteiger partial charge in [0.05, 0.1) is 14.7 Å². The van der Waals surface area contributed by atoms with Crippen LogP contribution in [0.1, 0.15) is 32.6 Å². The van der Waals surface area contributed by atoms with Crippen molar-refractivity contribution in [3.05, 3.63) is 49.2 Å². The van der Waals surface area contributed by atoms with Gasteiger partial charge >= 0.3 is 0 Å². The molecule has 0 atom stereocenters. The highest BCUT2D eigenvalue weighted by Crippen LogP contribution is 2.31. The van der Waals surface area contributed by atoms with Crippen molar-refractivity contribution in [3.8, 4) is 0 Å². The van der Waals surface area contributed by atoms with Gasteiger partial charge in [0.1, 0.15) is 0 Å². The van der Waals surface area contributed by atoms with E-state index in [0.29, 0.717) is 16.3 Å². The molecular formula is C16H17N3O4S. The number of carbonyl (C=O) groups excluding carboxylic acids is 2. The molecule has 2 aromatic rings. The fourth-order valence-corrected chi connectivity index (χ4v) is 3.18. The second-order valence-electron chi connectivity index (χ2n) is 5.37. The van der Waals surface area contributed by atoms with Crippen LogP contribution in [0.2, 0.25) is 0 Å². The van der Waals surface area contributed by atoms with Crippen molar-refractivity contribution in [1.29, 1.82) is 0 Å². The molecule has 1 aromatic carbocycles. The molecular weight excluding hydrogens is 330 g/mol. The van der Waals surface area contributed by atoms with Crippen LogP contribution in [-0.4, -0.2) is 16.7 Å². The first-order valence-electron chi connectivity index (χ1n) is 7.14. The highest BCUT2D eigenvalue weighted by Gasteiger charge is 2.20. The molecule has 0 saturated carbocycles. The van der Waals surface area contributed by atoms with Gasteiger partial charge in [-0.1, -0.05) is 6.07 Å². The molecule has 0 unspecified atom stereocenters. The summed E-state index contributed by atoms with van der Waals surface area (Å²) in [7, 11) is 0. The summed E-state index contributed by atoms with van der Waals surface area (Å²) in [6, 6.07) is 4.80. The third-order valence-electron chi connectivity index (χ3n) is 3.53. The van der Waals surface area contributed by atoms with Gasteiger partial charge in [-0.3, -0.25) is 19.7 Å². The molecule has 8 heteroatoms. The molecule has 0 aliphatic rings. The Kier molecular flexibility index (Phi) is 4.99. The van der Waals surface area contributed by atoms with E-state index in [1.54, 1.807) is 26.0 Å². The number of carbonyl (C=O) groups is 2. The Labute approximate surface area is 142 Å². The molecule has 1 aromatic heterocycles. The first-order valence-corrected chi connectivity index (χ1v) is 7.96. The molecule has 7 nitrogen and oxygen atoms in total. The van der Waals surface area contributed by atoms with Crippen molar-refractivity contribution in [2.45, 2.75) is 27.7 Å². The third-order valence-corrected chi connectivity index (χ3v) is 4.57. The summed E-state index contributed by atoms with van der Waals surface area (Å²) in [5, 5.41) is 16.4. The van der Waals surface area contributed by atoms with Gasteiger partial charge in [0.15, 0.2) is 0 Å². The van der Waals surface area contributed by atoms with E-state index in [1.807, 2.05) is 6.92 Å². The van der Waals surface area contributed by atoms with Crippen LogP contribution in [0.3, 0.4) is 0 Å². The molecule has 0 radical (unpaired) electrons. The fraction of sp³-hybridized carbons (Fsp3) is 0.250. The summed E-state index contributed by atoms with van der Waals surface area (Å²) >= 11 is 1.07. The van der Waals surface area contributed by atoms with Crippen molar-refractivity contribution in [2.75, 3.05) is 10.6 Å². The topological polar surface area (TPSA) is 101 Å². The highest BCUT2D eigenvalue weighted by molar-refractivity contribution is 7.14. The van der Waals surface area contributed by atoms with Gasteiger partial charge in [-0.05, 0) is 38.0 Å². The molecule has 24 heavy (non-hydrogen) atoms. The minimum absolute atomic E-state index is 0.0651. The number of hydrogen-bond acceptors (Lipinski definition) is 5. The standard InChI is InChI=1S/C16H17N3O4S/c1-8-5-6-12(9(2)15(8)17-11(4)20)18-16(21)14-7-13(19(22)23)10(3)24-14/h5-7H,1-4H3,(H,17,20)(H,18,21). The molecule has 0 spiro atoms. The number of rotatable bonds is 4. The minimum atomic E-state index is -0.505. The molecule has 0 bridgehead atoms. The molecule has 2 rings (SSSR count). The maximum atomic E-state index is 12.4. The second kappa shape index (κ2) is 6.79. The Morgan fingerprint density at radius 3 is 2.38 bits per heavy atom. The summed E-state index contributed by atoms with van der Waals surface area (Å²) in [4.78, 5) is 34.8. The average Bonchev–Trinajstić information content (AvgIpc) is 2.88. The number of nitro groups is 1. The number of amides is 2. The number of nitrogens with one attached hydrogen (secondary N) is 2. The molecule has 0 aliphatic heterocycles. The number of hydrogen-bond donors (Lipinski definition) is 2. The normalized spacial score (nSPS) is 10.3. The smallest absolute Gasteiger partial charge is 0.283 e. The Morgan fingerprint density at radius 2 is 1.83 bits per heavy atom. The van der Waals surface area contributed by atoms with Crippen LogP contribution in [0.15, 0.2) is 18.2 Å². The van der Waals surface area contributed by atoms with Gasteiger partial charge in [-0.2, -0.15) is 0 Å². The van der Waals surface area contributed by atoms with Crippen LogP contribution in [0, 0.1) is 30.9 Å².